The Kier molecular flexibility index (Phi) is 5.04. The number of carbonyl (C=O) groups is 1. The molecule has 3 rings (SSSR count). The Labute approximate surface area is 142 Å². The van der Waals surface area contributed by atoms with Crippen molar-refractivity contribution in [3.63, 3.8) is 0 Å². The van der Waals surface area contributed by atoms with Crippen LogP contribution >= 0.6 is 0 Å². The SMILES string of the molecule is COc1ccc(NC(=O)[C@H](C)Oc2ccc3c(c2)CCCC3)cc1. The Hall–Kier alpha value is -2.49. The molecule has 126 valence electrons. The number of methoxy groups -OCH3 is 1. The van der Waals surface area contributed by atoms with Crippen molar-refractivity contribution in [2.24, 2.45) is 0 Å². The number of amides is 1. The first kappa shape index (κ1) is 16.4. The molecule has 1 aliphatic rings. The van der Waals surface area contributed by atoms with Gasteiger partial charge >= 0.3 is 0 Å². The quantitative estimate of drug-likeness (QED) is 0.904. The number of nitrogens with one attached hydrogen (secondary N) is 1. The summed E-state index contributed by atoms with van der Waals surface area (Å²) in [5.74, 6) is 1.34. The fraction of sp³-hybridized carbons (Fsp3) is 0.350. The number of fused-ring (bicyclic) bond motifs is 1. The maximum atomic E-state index is 12.3. The van der Waals surface area contributed by atoms with Gasteiger partial charge in [0, 0.05) is 5.69 Å². The molecule has 0 spiro atoms. The lowest BCUT2D eigenvalue weighted by Crippen LogP contribution is -2.30. The molecule has 0 heterocycles. The third-order valence-corrected chi connectivity index (χ3v) is 4.36. The summed E-state index contributed by atoms with van der Waals surface area (Å²) in [5, 5.41) is 2.86. The van der Waals surface area contributed by atoms with Crippen molar-refractivity contribution >= 4 is 11.6 Å². The maximum absolute atomic E-state index is 12.3. The minimum absolute atomic E-state index is 0.169. The second-order valence-electron chi connectivity index (χ2n) is 6.12. The molecule has 0 aliphatic heterocycles. The Morgan fingerprint density at radius 3 is 2.38 bits per heavy atom. The predicted octanol–water partition coefficient (Wildman–Crippen LogP) is 3.98. The highest BCUT2D eigenvalue weighted by Crippen LogP contribution is 2.26. The van der Waals surface area contributed by atoms with Gasteiger partial charge in [-0.15, -0.1) is 0 Å². The minimum atomic E-state index is -0.561. The van der Waals surface area contributed by atoms with Crippen LogP contribution in [0.4, 0.5) is 5.69 Å². The van der Waals surface area contributed by atoms with Gasteiger partial charge in [-0.2, -0.15) is 0 Å². The standard InChI is InChI=1S/C20H23NO3/c1-14(20(22)21-17-8-11-18(23-2)12-9-17)24-19-10-7-15-5-3-4-6-16(15)13-19/h7-14H,3-6H2,1-2H3,(H,21,22)/t14-/m0/s1. The first-order valence-electron chi connectivity index (χ1n) is 8.39. The van der Waals surface area contributed by atoms with E-state index in [1.54, 1.807) is 14.0 Å². The molecule has 0 saturated carbocycles. The molecule has 0 radical (unpaired) electrons. The van der Waals surface area contributed by atoms with Gasteiger partial charge in [-0.1, -0.05) is 6.07 Å². The van der Waals surface area contributed by atoms with Gasteiger partial charge in [-0.25, -0.2) is 0 Å². The van der Waals surface area contributed by atoms with Crippen LogP contribution in [0.15, 0.2) is 42.5 Å². The molecule has 0 aromatic heterocycles. The van der Waals surface area contributed by atoms with E-state index in [1.807, 2.05) is 30.3 Å². The fourth-order valence-corrected chi connectivity index (χ4v) is 2.96. The number of rotatable bonds is 5. The molecule has 24 heavy (non-hydrogen) atoms. The Balaban J connectivity index is 1.61. The lowest BCUT2D eigenvalue weighted by atomic mass is 9.92. The van der Waals surface area contributed by atoms with Gasteiger partial charge in [0.15, 0.2) is 6.10 Å². The molecule has 1 amide bonds. The highest BCUT2D eigenvalue weighted by molar-refractivity contribution is 5.94. The number of anilines is 1. The largest absolute Gasteiger partial charge is 0.497 e. The van der Waals surface area contributed by atoms with Gasteiger partial charge in [0.05, 0.1) is 7.11 Å². The normalized spacial score (nSPS) is 14.4. The van der Waals surface area contributed by atoms with E-state index in [2.05, 4.69) is 17.4 Å². The van der Waals surface area contributed by atoms with Gasteiger partial charge in [-0.05, 0) is 80.1 Å². The Bertz CT molecular complexity index is 709. The van der Waals surface area contributed by atoms with Gasteiger partial charge in [-0.3, -0.25) is 4.79 Å². The van der Waals surface area contributed by atoms with E-state index < -0.39 is 6.10 Å². The van der Waals surface area contributed by atoms with Gasteiger partial charge < -0.3 is 14.8 Å². The van der Waals surface area contributed by atoms with Gasteiger partial charge in [0.25, 0.3) is 5.91 Å². The lowest BCUT2D eigenvalue weighted by Gasteiger charge is -2.19. The number of benzene rings is 2. The van der Waals surface area contributed by atoms with Crippen LogP contribution in [-0.2, 0) is 17.6 Å². The molecule has 0 unspecified atom stereocenters. The van der Waals surface area contributed by atoms with Crippen molar-refractivity contribution in [3.8, 4) is 11.5 Å². The molecular formula is C20H23NO3. The summed E-state index contributed by atoms with van der Waals surface area (Å²) in [7, 11) is 1.61. The minimum Gasteiger partial charge on any atom is -0.497 e. The highest BCUT2D eigenvalue weighted by Gasteiger charge is 2.16. The summed E-state index contributed by atoms with van der Waals surface area (Å²) < 4.78 is 10.9. The zero-order valence-corrected chi connectivity index (χ0v) is 14.2. The molecule has 0 bridgehead atoms. The average Bonchev–Trinajstić information content (AvgIpc) is 2.62. The van der Waals surface area contributed by atoms with Crippen LogP contribution in [0.3, 0.4) is 0 Å². The third kappa shape index (κ3) is 3.88. The van der Waals surface area contributed by atoms with Crippen LogP contribution in [0.25, 0.3) is 0 Å². The molecule has 2 aromatic rings. The summed E-state index contributed by atoms with van der Waals surface area (Å²) in [6, 6.07) is 13.4. The maximum Gasteiger partial charge on any atom is 0.265 e. The van der Waals surface area contributed by atoms with E-state index in [0.29, 0.717) is 0 Å². The smallest absolute Gasteiger partial charge is 0.265 e. The van der Waals surface area contributed by atoms with Crippen molar-refractivity contribution < 1.29 is 14.3 Å². The van der Waals surface area contributed by atoms with E-state index in [4.69, 9.17) is 9.47 Å². The summed E-state index contributed by atoms with van der Waals surface area (Å²) in [4.78, 5) is 12.3. The zero-order chi connectivity index (χ0) is 16.9. The molecule has 0 fully saturated rings. The van der Waals surface area contributed by atoms with Crippen molar-refractivity contribution in [1.82, 2.24) is 0 Å². The third-order valence-electron chi connectivity index (χ3n) is 4.36. The van der Waals surface area contributed by atoms with Crippen molar-refractivity contribution in [2.75, 3.05) is 12.4 Å². The molecule has 1 aliphatic carbocycles. The number of aryl methyl sites for hydroxylation is 2. The van der Waals surface area contributed by atoms with E-state index in [1.165, 1.54) is 24.0 Å². The summed E-state index contributed by atoms with van der Waals surface area (Å²) in [5.41, 5.74) is 3.48. The molecular weight excluding hydrogens is 302 g/mol. The molecule has 4 heteroatoms. The van der Waals surface area contributed by atoms with Crippen LogP contribution < -0.4 is 14.8 Å². The number of hydrogen-bond acceptors (Lipinski definition) is 3. The lowest BCUT2D eigenvalue weighted by molar-refractivity contribution is -0.122. The van der Waals surface area contributed by atoms with Crippen LogP contribution in [0.2, 0.25) is 0 Å². The fourth-order valence-electron chi connectivity index (χ4n) is 2.96. The van der Waals surface area contributed by atoms with Crippen molar-refractivity contribution in [1.29, 1.82) is 0 Å². The first-order valence-corrected chi connectivity index (χ1v) is 8.39. The van der Waals surface area contributed by atoms with E-state index >= 15 is 0 Å². The van der Waals surface area contributed by atoms with E-state index in [9.17, 15) is 4.79 Å². The Morgan fingerprint density at radius 2 is 1.67 bits per heavy atom. The summed E-state index contributed by atoms with van der Waals surface area (Å²) >= 11 is 0. The number of hydrogen-bond donors (Lipinski definition) is 1. The zero-order valence-electron chi connectivity index (χ0n) is 14.2. The first-order chi connectivity index (χ1) is 11.7. The Morgan fingerprint density at radius 1 is 1.00 bits per heavy atom. The van der Waals surface area contributed by atoms with Crippen molar-refractivity contribution in [2.45, 2.75) is 38.7 Å². The van der Waals surface area contributed by atoms with E-state index in [-0.39, 0.29) is 5.91 Å². The molecule has 2 aromatic carbocycles. The van der Waals surface area contributed by atoms with Crippen LogP contribution in [0, 0.1) is 0 Å². The topological polar surface area (TPSA) is 47.6 Å². The second kappa shape index (κ2) is 7.39. The average molecular weight is 325 g/mol. The van der Waals surface area contributed by atoms with Crippen molar-refractivity contribution in [3.05, 3.63) is 53.6 Å². The van der Waals surface area contributed by atoms with Gasteiger partial charge in [0.1, 0.15) is 11.5 Å². The molecule has 4 nitrogen and oxygen atoms in total. The second-order valence-corrected chi connectivity index (χ2v) is 6.12. The summed E-state index contributed by atoms with van der Waals surface area (Å²) in [6.07, 6.45) is 4.16. The molecule has 0 saturated heterocycles. The number of ether oxygens (including phenoxy) is 2. The van der Waals surface area contributed by atoms with Crippen LogP contribution in [0.5, 0.6) is 11.5 Å². The predicted molar refractivity (Wildman–Crippen MR) is 94.8 cm³/mol. The van der Waals surface area contributed by atoms with E-state index in [0.717, 1.165) is 30.0 Å². The van der Waals surface area contributed by atoms with Crippen LogP contribution in [0.1, 0.15) is 30.9 Å². The summed E-state index contributed by atoms with van der Waals surface area (Å²) in [6.45, 7) is 1.76. The van der Waals surface area contributed by atoms with Gasteiger partial charge in [0.2, 0.25) is 0 Å². The molecule has 1 N–H and O–H groups in total. The number of carbonyl (C=O) groups excluding carboxylic acids is 1. The molecule has 1 atom stereocenters. The monoisotopic (exact) mass is 325 g/mol. The highest BCUT2D eigenvalue weighted by atomic mass is 16.5. The van der Waals surface area contributed by atoms with Crippen LogP contribution in [-0.4, -0.2) is 19.1 Å².